The van der Waals surface area contributed by atoms with E-state index in [9.17, 15) is 4.79 Å². The van der Waals surface area contributed by atoms with Crippen molar-refractivity contribution in [2.24, 2.45) is 0 Å². The maximum atomic E-state index is 10.7. The number of hydrogen-bond acceptors (Lipinski definition) is 3. The lowest BCUT2D eigenvalue weighted by molar-refractivity contribution is -0.118. The van der Waals surface area contributed by atoms with Gasteiger partial charge in [0.1, 0.15) is 5.82 Å². The lowest BCUT2D eigenvalue weighted by Gasteiger charge is -1.99. The summed E-state index contributed by atoms with van der Waals surface area (Å²) in [5.74, 6) is 0.929. The second-order valence-corrected chi connectivity index (χ2v) is 4.05. The molecule has 0 fully saturated rings. The molecule has 0 unspecified atom stereocenters. The van der Waals surface area contributed by atoms with E-state index in [1.165, 1.54) is 6.92 Å². The summed E-state index contributed by atoms with van der Waals surface area (Å²) in [6, 6.07) is 5.61. The molecule has 0 atom stereocenters. The number of nitrogens with two attached hydrogens (primary N) is 1. The van der Waals surface area contributed by atoms with Crippen LogP contribution in [0.3, 0.4) is 0 Å². The summed E-state index contributed by atoms with van der Waals surface area (Å²) < 4.78 is 0. The zero-order valence-corrected chi connectivity index (χ0v) is 9.79. The van der Waals surface area contributed by atoms with E-state index in [-0.39, 0.29) is 5.91 Å². The smallest absolute Gasteiger partial charge is 0.216 e. The van der Waals surface area contributed by atoms with Gasteiger partial charge in [0.15, 0.2) is 0 Å². The molecular weight excluding hydrogens is 216 g/mol. The SMILES string of the molecule is CC(=O)NCCCc1nc2ccc(N)cc2[nH]1. The number of hydrogen-bond donors (Lipinski definition) is 3. The van der Waals surface area contributed by atoms with Crippen molar-refractivity contribution in [3.63, 3.8) is 0 Å². The van der Waals surface area contributed by atoms with E-state index in [1.807, 2.05) is 18.2 Å². The van der Waals surface area contributed by atoms with Crippen molar-refractivity contribution in [1.82, 2.24) is 15.3 Å². The first-order valence-electron chi connectivity index (χ1n) is 5.64. The Morgan fingerprint density at radius 2 is 2.35 bits per heavy atom. The molecule has 0 aliphatic heterocycles. The van der Waals surface area contributed by atoms with Crippen LogP contribution >= 0.6 is 0 Å². The van der Waals surface area contributed by atoms with E-state index in [4.69, 9.17) is 5.73 Å². The van der Waals surface area contributed by atoms with Gasteiger partial charge in [-0.05, 0) is 24.6 Å². The van der Waals surface area contributed by atoms with Crippen molar-refractivity contribution >= 4 is 22.6 Å². The molecule has 2 aromatic rings. The van der Waals surface area contributed by atoms with Gasteiger partial charge in [-0.2, -0.15) is 0 Å². The molecule has 0 spiro atoms. The number of benzene rings is 1. The Hall–Kier alpha value is -2.04. The molecule has 0 radical (unpaired) electrons. The van der Waals surface area contributed by atoms with Crippen molar-refractivity contribution in [2.45, 2.75) is 19.8 Å². The van der Waals surface area contributed by atoms with Crippen LogP contribution < -0.4 is 11.1 Å². The first-order valence-corrected chi connectivity index (χ1v) is 5.64. The first kappa shape index (κ1) is 11.4. The predicted octanol–water partition coefficient (Wildman–Crippen LogP) is 1.21. The van der Waals surface area contributed by atoms with Gasteiger partial charge in [-0.15, -0.1) is 0 Å². The third-order valence-electron chi connectivity index (χ3n) is 2.52. The molecule has 1 aromatic carbocycles. The Morgan fingerprint density at radius 1 is 1.53 bits per heavy atom. The Balaban J connectivity index is 1.97. The summed E-state index contributed by atoms with van der Waals surface area (Å²) in [5, 5.41) is 2.76. The first-order chi connectivity index (χ1) is 8.15. The Morgan fingerprint density at radius 3 is 3.12 bits per heavy atom. The number of nitrogens with one attached hydrogen (secondary N) is 2. The van der Waals surface area contributed by atoms with Gasteiger partial charge in [-0.1, -0.05) is 0 Å². The fourth-order valence-corrected chi connectivity index (χ4v) is 1.72. The van der Waals surface area contributed by atoms with Gasteiger partial charge >= 0.3 is 0 Å². The normalized spacial score (nSPS) is 10.6. The van der Waals surface area contributed by atoms with Crippen LogP contribution in [0, 0.1) is 0 Å². The molecule has 5 heteroatoms. The van der Waals surface area contributed by atoms with Crippen LogP contribution in [0.1, 0.15) is 19.2 Å². The molecule has 1 aromatic heterocycles. The molecule has 4 N–H and O–H groups in total. The summed E-state index contributed by atoms with van der Waals surface area (Å²) in [4.78, 5) is 18.4. The Bertz CT molecular complexity index is 532. The number of carbonyl (C=O) groups excluding carboxylic acids is 1. The number of imidazole rings is 1. The number of fused-ring (bicyclic) bond motifs is 1. The molecule has 0 bridgehead atoms. The van der Waals surface area contributed by atoms with Crippen LogP contribution in [0.15, 0.2) is 18.2 Å². The average Bonchev–Trinajstić information content (AvgIpc) is 2.66. The topological polar surface area (TPSA) is 83.8 Å². The minimum Gasteiger partial charge on any atom is -0.399 e. The van der Waals surface area contributed by atoms with Gasteiger partial charge in [-0.25, -0.2) is 4.98 Å². The zero-order valence-electron chi connectivity index (χ0n) is 9.79. The maximum Gasteiger partial charge on any atom is 0.216 e. The monoisotopic (exact) mass is 232 g/mol. The van der Waals surface area contributed by atoms with Crippen LogP contribution in [0.5, 0.6) is 0 Å². The van der Waals surface area contributed by atoms with Gasteiger partial charge in [0.05, 0.1) is 11.0 Å². The van der Waals surface area contributed by atoms with Gasteiger partial charge in [0.2, 0.25) is 5.91 Å². The van der Waals surface area contributed by atoms with E-state index in [0.29, 0.717) is 6.54 Å². The van der Waals surface area contributed by atoms with Crippen LogP contribution in [0.2, 0.25) is 0 Å². The molecule has 90 valence electrons. The number of amides is 1. The Kier molecular flexibility index (Phi) is 3.27. The Labute approximate surface area is 99.4 Å². The number of rotatable bonds is 4. The summed E-state index contributed by atoms with van der Waals surface area (Å²) in [6.07, 6.45) is 1.68. The van der Waals surface area contributed by atoms with Gasteiger partial charge in [0, 0.05) is 25.6 Å². The number of nitrogens with zero attached hydrogens (tertiary/aromatic N) is 1. The molecule has 2 rings (SSSR count). The average molecular weight is 232 g/mol. The number of H-pyrrole nitrogens is 1. The minimum absolute atomic E-state index is 0.00220. The highest BCUT2D eigenvalue weighted by molar-refractivity contribution is 5.78. The number of aromatic amines is 1. The maximum absolute atomic E-state index is 10.7. The van der Waals surface area contributed by atoms with E-state index < -0.39 is 0 Å². The van der Waals surface area contributed by atoms with Crippen molar-refractivity contribution in [3.8, 4) is 0 Å². The number of carbonyl (C=O) groups is 1. The van der Waals surface area contributed by atoms with E-state index >= 15 is 0 Å². The quantitative estimate of drug-likeness (QED) is 0.547. The molecule has 1 amide bonds. The summed E-state index contributed by atoms with van der Waals surface area (Å²) in [7, 11) is 0. The lowest BCUT2D eigenvalue weighted by Crippen LogP contribution is -2.21. The number of anilines is 1. The zero-order chi connectivity index (χ0) is 12.3. The second-order valence-electron chi connectivity index (χ2n) is 4.05. The molecule has 1 heterocycles. The summed E-state index contributed by atoms with van der Waals surface area (Å²) in [6.45, 7) is 2.19. The number of aryl methyl sites for hydroxylation is 1. The number of aromatic nitrogens is 2. The van der Waals surface area contributed by atoms with Gasteiger partial charge < -0.3 is 16.0 Å². The van der Waals surface area contributed by atoms with Gasteiger partial charge in [-0.3, -0.25) is 4.79 Å². The molecule has 0 saturated heterocycles. The lowest BCUT2D eigenvalue weighted by atomic mass is 10.3. The van der Waals surface area contributed by atoms with Crippen molar-refractivity contribution in [2.75, 3.05) is 12.3 Å². The molecule has 0 aliphatic rings. The van der Waals surface area contributed by atoms with Gasteiger partial charge in [0.25, 0.3) is 0 Å². The largest absolute Gasteiger partial charge is 0.399 e. The molecule has 0 saturated carbocycles. The van der Waals surface area contributed by atoms with Crippen LogP contribution in [0.25, 0.3) is 11.0 Å². The van der Waals surface area contributed by atoms with Crippen LogP contribution in [-0.4, -0.2) is 22.4 Å². The van der Waals surface area contributed by atoms with E-state index in [0.717, 1.165) is 35.4 Å². The minimum atomic E-state index is 0.00220. The summed E-state index contributed by atoms with van der Waals surface area (Å²) in [5.41, 5.74) is 8.30. The molecule has 17 heavy (non-hydrogen) atoms. The second kappa shape index (κ2) is 4.86. The standard InChI is InChI=1S/C12H16N4O/c1-8(17)14-6-2-3-12-15-10-5-4-9(13)7-11(10)16-12/h4-5,7H,2-3,6,13H2,1H3,(H,14,17)(H,15,16). The fourth-order valence-electron chi connectivity index (χ4n) is 1.72. The predicted molar refractivity (Wildman–Crippen MR) is 67.5 cm³/mol. The van der Waals surface area contributed by atoms with Crippen molar-refractivity contribution in [3.05, 3.63) is 24.0 Å². The summed E-state index contributed by atoms with van der Waals surface area (Å²) >= 11 is 0. The van der Waals surface area contributed by atoms with E-state index in [2.05, 4.69) is 15.3 Å². The fraction of sp³-hybridized carbons (Fsp3) is 0.333. The number of nitrogen functional groups attached to an aromatic ring is 1. The highest BCUT2D eigenvalue weighted by Crippen LogP contribution is 2.15. The van der Waals surface area contributed by atoms with Crippen molar-refractivity contribution < 1.29 is 4.79 Å². The third-order valence-corrected chi connectivity index (χ3v) is 2.52. The molecule has 0 aliphatic carbocycles. The van der Waals surface area contributed by atoms with Crippen LogP contribution in [0.4, 0.5) is 5.69 Å². The third kappa shape index (κ3) is 2.96. The van der Waals surface area contributed by atoms with E-state index in [1.54, 1.807) is 0 Å². The van der Waals surface area contributed by atoms with Crippen molar-refractivity contribution in [1.29, 1.82) is 0 Å². The molecular formula is C12H16N4O. The highest BCUT2D eigenvalue weighted by Gasteiger charge is 2.02. The molecule has 5 nitrogen and oxygen atoms in total. The highest BCUT2D eigenvalue weighted by atomic mass is 16.1. The van der Waals surface area contributed by atoms with Crippen LogP contribution in [-0.2, 0) is 11.2 Å².